The van der Waals surface area contributed by atoms with Crippen LogP contribution in [0.2, 0.25) is 0 Å². The Balaban J connectivity index is 1.83. The number of carbonyl (C=O) groups excluding carboxylic acids is 1. The van der Waals surface area contributed by atoms with Crippen molar-refractivity contribution in [3.8, 4) is 0 Å². The third kappa shape index (κ3) is 4.56. The SMILES string of the molecule is CN(CCC(=O)c1cccc(Br)c1)Cc1ccsc1. The second kappa shape index (κ2) is 6.98. The van der Waals surface area contributed by atoms with Crippen LogP contribution in [0.15, 0.2) is 45.6 Å². The second-order valence-corrected chi connectivity index (χ2v) is 6.25. The Labute approximate surface area is 126 Å². The monoisotopic (exact) mass is 337 g/mol. The van der Waals surface area contributed by atoms with Gasteiger partial charge in [0.25, 0.3) is 0 Å². The Morgan fingerprint density at radius 2 is 2.21 bits per heavy atom. The van der Waals surface area contributed by atoms with Gasteiger partial charge in [-0.3, -0.25) is 4.79 Å². The van der Waals surface area contributed by atoms with Crippen LogP contribution in [-0.2, 0) is 6.54 Å². The summed E-state index contributed by atoms with van der Waals surface area (Å²) in [5.74, 6) is 0.193. The largest absolute Gasteiger partial charge is 0.302 e. The average molecular weight is 338 g/mol. The normalized spacial score (nSPS) is 10.9. The molecule has 0 saturated carbocycles. The van der Waals surface area contributed by atoms with Gasteiger partial charge < -0.3 is 4.90 Å². The number of Topliss-reactive ketones (excluding diaryl/α,β-unsaturated/α-hetero) is 1. The number of rotatable bonds is 6. The highest BCUT2D eigenvalue weighted by molar-refractivity contribution is 9.10. The number of halogens is 1. The molecule has 2 aromatic rings. The first-order chi connectivity index (χ1) is 9.15. The van der Waals surface area contributed by atoms with Gasteiger partial charge in [-0.15, -0.1) is 0 Å². The Hall–Kier alpha value is -0.970. The van der Waals surface area contributed by atoms with Gasteiger partial charge in [0.2, 0.25) is 0 Å². The molecule has 0 radical (unpaired) electrons. The van der Waals surface area contributed by atoms with Crippen molar-refractivity contribution >= 4 is 33.0 Å². The Kier molecular flexibility index (Phi) is 5.31. The summed E-state index contributed by atoms with van der Waals surface area (Å²) in [5, 5.41) is 4.22. The van der Waals surface area contributed by atoms with Crippen LogP contribution < -0.4 is 0 Å². The number of hydrogen-bond acceptors (Lipinski definition) is 3. The smallest absolute Gasteiger partial charge is 0.164 e. The Bertz CT molecular complexity index is 539. The molecule has 0 amide bonds. The molecule has 0 spiro atoms. The minimum absolute atomic E-state index is 0.193. The van der Waals surface area contributed by atoms with Crippen molar-refractivity contribution in [1.29, 1.82) is 0 Å². The molecule has 19 heavy (non-hydrogen) atoms. The van der Waals surface area contributed by atoms with Gasteiger partial charge in [0, 0.05) is 29.5 Å². The lowest BCUT2D eigenvalue weighted by Crippen LogP contribution is -2.21. The van der Waals surface area contributed by atoms with E-state index in [1.54, 1.807) is 11.3 Å². The number of carbonyl (C=O) groups is 1. The molecular formula is C15H16BrNOS. The van der Waals surface area contributed by atoms with Crippen molar-refractivity contribution in [2.24, 2.45) is 0 Å². The lowest BCUT2D eigenvalue weighted by atomic mass is 10.1. The van der Waals surface area contributed by atoms with Gasteiger partial charge in [0.15, 0.2) is 5.78 Å². The van der Waals surface area contributed by atoms with Crippen molar-refractivity contribution in [1.82, 2.24) is 4.90 Å². The summed E-state index contributed by atoms with van der Waals surface area (Å²) in [4.78, 5) is 14.2. The van der Waals surface area contributed by atoms with Crippen LogP contribution in [0.25, 0.3) is 0 Å². The Morgan fingerprint density at radius 1 is 1.37 bits per heavy atom. The fourth-order valence-corrected chi connectivity index (χ4v) is 2.93. The number of nitrogens with zero attached hydrogens (tertiary/aromatic N) is 1. The summed E-state index contributed by atoms with van der Waals surface area (Å²) < 4.78 is 0.949. The highest BCUT2D eigenvalue weighted by Gasteiger charge is 2.08. The highest BCUT2D eigenvalue weighted by Crippen LogP contribution is 2.14. The Morgan fingerprint density at radius 3 is 2.89 bits per heavy atom. The molecule has 1 aromatic carbocycles. The molecule has 0 saturated heterocycles. The van der Waals surface area contributed by atoms with E-state index in [0.717, 1.165) is 23.1 Å². The molecule has 0 aliphatic carbocycles. The van der Waals surface area contributed by atoms with Crippen LogP contribution in [0.3, 0.4) is 0 Å². The fourth-order valence-electron chi connectivity index (χ4n) is 1.87. The molecule has 4 heteroatoms. The van der Waals surface area contributed by atoms with E-state index in [2.05, 4.69) is 37.7 Å². The van der Waals surface area contributed by atoms with Gasteiger partial charge in [-0.1, -0.05) is 28.1 Å². The topological polar surface area (TPSA) is 20.3 Å². The van der Waals surface area contributed by atoms with E-state index >= 15 is 0 Å². The molecule has 0 aliphatic heterocycles. The molecular weight excluding hydrogens is 322 g/mol. The van der Waals surface area contributed by atoms with Crippen molar-refractivity contribution in [2.75, 3.05) is 13.6 Å². The molecule has 2 nitrogen and oxygen atoms in total. The summed E-state index contributed by atoms with van der Waals surface area (Å²) >= 11 is 5.09. The summed E-state index contributed by atoms with van der Waals surface area (Å²) in [6.07, 6.45) is 0.553. The van der Waals surface area contributed by atoms with Crippen LogP contribution in [0.4, 0.5) is 0 Å². The first kappa shape index (κ1) is 14.4. The molecule has 0 N–H and O–H groups in total. The fraction of sp³-hybridized carbons (Fsp3) is 0.267. The predicted octanol–water partition coefficient (Wildman–Crippen LogP) is 4.22. The second-order valence-electron chi connectivity index (χ2n) is 4.55. The molecule has 0 unspecified atom stereocenters. The van der Waals surface area contributed by atoms with Gasteiger partial charge in [0.1, 0.15) is 0 Å². The van der Waals surface area contributed by atoms with Crippen LogP contribution in [0.1, 0.15) is 22.3 Å². The summed E-state index contributed by atoms with van der Waals surface area (Å²) in [7, 11) is 2.05. The number of thiophene rings is 1. The quantitative estimate of drug-likeness (QED) is 0.735. The van der Waals surface area contributed by atoms with Gasteiger partial charge in [0.05, 0.1) is 0 Å². The van der Waals surface area contributed by atoms with Crippen LogP contribution >= 0.6 is 27.3 Å². The van der Waals surface area contributed by atoms with E-state index in [1.807, 2.05) is 31.3 Å². The van der Waals surface area contributed by atoms with E-state index in [9.17, 15) is 4.79 Å². The molecule has 1 heterocycles. The number of benzene rings is 1. The third-order valence-corrected chi connectivity index (χ3v) is 4.13. The van der Waals surface area contributed by atoms with Gasteiger partial charge >= 0.3 is 0 Å². The standard InChI is InChI=1S/C15H16BrNOS/c1-17(10-12-6-8-19-11-12)7-5-15(18)13-3-2-4-14(16)9-13/h2-4,6,8-9,11H,5,7,10H2,1H3. The van der Waals surface area contributed by atoms with E-state index in [-0.39, 0.29) is 5.78 Å². The summed E-state index contributed by atoms with van der Waals surface area (Å²) in [6.45, 7) is 1.68. The summed E-state index contributed by atoms with van der Waals surface area (Å²) in [6, 6.07) is 9.69. The van der Waals surface area contributed by atoms with Crippen molar-refractivity contribution in [2.45, 2.75) is 13.0 Å². The zero-order valence-electron chi connectivity index (χ0n) is 10.8. The predicted molar refractivity (Wildman–Crippen MR) is 83.7 cm³/mol. The minimum Gasteiger partial charge on any atom is -0.302 e. The van der Waals surface area contributed by atoms with Gasteiger partial charge in [-0.2, -0.15) is 11.3 Å². The van der Waals surface area contributed by atoms with Crippen molar-refractivity contribution in [3.05, 3.63) is 56.7 Å². The van der Waals surface area contributed by atoms with Gasteiger partial charge in [-0.05, 0) is 41.6 Å². The molecule has 0 fully saturated rings. The lowest BCUT2D eigenvalue weighted by Gasteiger charge is -2.15. The third-order valence-electron chi connectivity index (χ3n) is 2.90. The van der Waals surface area contributed by atoms with Crippen LogP contribution in [-0.4, -0.2) is 24.3 Å². The molecule has 100 valence electrons. The van der Waals surface area contributed by atoms with Gasteiger partial charge in [-0.25, -0.2) is 0 Å². The number of ketones is 1. The maximum Gasteiger partial charge on any atom is 0.164 e. The molecule has 0 bridgehead atoms. The highest BCUT2D eigenvalue weighted by atomic mass is 79.9. The molecule has 2 rings (SSSR count). The van der Waals surface area contributed by atoms with E-state index in [0.29, 0.717) is 6.42 Å². The summed E-state index contributed by atoms with van der Waals surface area (Å²) in [5.41, 5.74) is 2.08. The zero-order valence-corrected chi connectivity index (χ0v) is 13.2. The van der Waals surface area contributed by atoms with Crippen molar-refractivity contribution < 1.29 is 4.79 Å². The van der Waals surface area contributed by atoms with Crippen LogP contribution in [0, 0.1) is 0 Å². The maximum absolute atomic E-state index is 12.1. The first-order valence-corrected chi connectivity index (χ1v) is 7.87. The average Bonchev–Trinajstić information content (AvgIpc) is 2.88. The van der Waals surface area contributed by atoms with Crippen LogP contribution in [0.5, 0.6) is 0 Å². The number of hydrogen-bond donors (Lipinski definition) is 0. The minimum atomic E-state index is 0.193. The van der Waals surface area contributed by atoms with Crippen molar-refractivity contribution in [3.63, 3.8) is 0 Å². The molecule has 0 atom stereocenters. The molecule has 0 aliphatic rings. The lowest BCUT2D eigenvalue weighted by molar-refractivity contribution is 0.0968. The first-order valence-electron chi connectivity index (χ1n) is 6.13. The molecule has 1 aromatic heterocycles. The van der Waals surface area contributed by atoms with E-state index in [4.69, 9.17) is 0 Å². The van der Waals surface area contributed by atoms with E-state index in [1.165, 1.54) is 5.56 Å². The maximum atomic E-state index is 12.1. The van der Waals surface area contributed by atoms with E-state index < -0.39 is 0 Å². The zero-order chi connectivity index (χ0) is 13.7.